The molecule has 3 nitrogen and oxygen atoms in total. The third-order valence-corrected chi connectivity index (χ3v) is 3.08. The molecule has 0 aliphatic carbocycles. The van der Waals surface area contributed by atoms with Crippen molar-refractivity contribution >= 4 is 0 Å². The van der Waals surface area contributed by atoms with Gasteiger partial charge in [0.2, 0.25) is 0 Å². The lowest BCUT2D eigenvalue weighted by Gasteiger charge is -2.29. The first kappa shape index (κ1) is 12.1. The predicted molar refractivity (Wildman–Crippen MR) is 66.6 cm³/mol. The maximum Gasteiger partial charge on any atom is 0.156 e. The van der Waals surface area contributed by atoms with Gasteiger partial charge in [0.1, 0.15) is 0 Å². The summed E-state index contributed by atoms with van der Waals surface area (Å²) in [4.78, 5) is 2.32. The van der Waals surface area contributed by atoms with Gasteiger partial charge in [-0.1, -0.05) is 30.3 Å². The minimum absolute atomic E-state index is 0.236. The summed E-state index contributed by atoms with van der Waals surface area (Å²) in [5, 5.41) is 8.81. The van der Waals surface area contributed by atoms with Gasteiger partial charge in [-0.15, -0.1) is 0 Å². The molecule has 90 valence electrons. The second kappa shape index (κ2) is 6.39. The van der Waals surface area contributed by atoms with Gasteiger partial charge in [-0.25, -0.2) is 0 Å². The highest BCUT2D eigenvalue weighted by atomic mass is 16.5. The largest absolute Gasteiger partial charge is 0.361 e. The summed E-state index contributed by atoms with van der Waals surface area (Å²) >= 11 is 0. The molecule has 0 amide bonds. The van der Waals surface area contributed by atoms with E-state index >= 15 is 0 Å². The van der Waals surface area contributed by atoms with Gasteiger partial charge in [-0.3, -0.25) is 4.90 Å². The van der Waals surface area contributed by atoms with Crippen molar-refractivity contribution in [1.29, 1.82) is 5.26 Å². The fourth-order valence-electron chi connectivity index (χ4n) is 2.14. The quantitative estimate of drug-likeness (QED) is 0.792. The monoisotopic (exact) mass is 230 g/mol. The Kier molecular flexibility index (Phi) is 4.54. The number of rotatable bonds is 4. The molecule has 0 aromatic heterocycles. The molecule has 1 heterocycles. The van der Waals surface area contributed by atoms with Crippen LogP contribution in [-0.4, -0.2) is 37.2 Å². The summed E-state index contributed by atoms with van der Waals surface area (Å²) in [5.41, 5.74) is 1.39. The van der Waals surface area contributed by atoms with Crippen LogP contribution in [0.1, 0.15) is 12.0 Å². The first-order valence-electron chi connectivity index (χ1n) is 6.16. The summed E-state index contributed by atoms with van der Waals surface area (Å²) in [5.74, 6) is 0. The molecule has 1 saturated heterocycles. The van der Waals surface area contributed by atoms with Crippen molar-refractivity contribution in [2.24, 2.45) is 0 Å². The van der Waals surface area contributed by atoms with Crippen LogP contribution in [-0.2, 0) is 11.2 Å². The van der Waals surface area contributed by atoms with E-state index in [9.17, 15) is 0 Å². The van der Waals surface area contributed by atoms with Crippen molar-refractivity contribution in [3.05, 3.63) is 35.9 Å². The molecule has 1 aliphatic heterocycles. The number of morpholine rings is 1. The number of benzene rings is 1. The van der Waals surface area contributed by atoms with E-state index in [1.807, 2.05) is 6.07 Å². The molecule has 0 radical (unpaired) electrons. The van der Waals surface area contributed by atoms with E-state index in [1.165, 1.54) is 5.56 Å². The highest BCUT2D eigenvalue weighted by Gasteiger charge is 2.18. The Morgan fingerprint density at radius 2 is 2.18 bits per heavy atom. The van der Waals surface area contributed by atoms with Crippen molar-refractivity contribution in [2.45, 2.75) is 18.9 Å². The maximum atomic E-state index is 8.81. The van der Waals surface area contributed by atoms with E-state index in [0.29, 0.717) is 6.61 Å². The highest BCUT2D eigenvalue weighted by molar-refractivity contribution is 5.14. The molecule has 1 fully saturated rings. The van der Waals surface area contributed by atoms with Crippen LogP contribution < -0.4 is 0 Å². The third kappa shape index (κ3) is 3.85. The van der Waals surface area contributed by atoms with E-state index in [2.05, 4.69) is 35.2 Å². The van der Waals surface area contributed by atoms with Crippen molar-refractivity contribution < 1.29 is 4.74 Å². The fraction of sp³-hybridized carbons (Fsp3) is 0.500. The summed E-state index contributed by atoms with van der Waals surface area (Å²) in [6.45, 7) is 3.44. The van der Waals surface area contributed by atoms with Gasteiger partial charge >= 0.3 is 0 Å². The second-order valence-corrected chi connectivity index (χ2v) is 4.38. The minimum atomic E-state index is -0.236. The lowest BCUT2D eigenvalue weighted by molar-refractivity contribution is 0.000289. The summed E-state index contributed by atoms with van der Waals surface area (Å²) in [7, 11) is 0. The Hall–Kier alpha value is -1.37. The lowest BCUT2D eigenvalue weighted by atomic mass is 10.1. The molecule has 3 heteroatoms. The molecule has 1 unspecified atom stereocenters. The molecule has 17 heavy (non-hydrogen) atoms. The van der Waals surface area contributed by atoms with Crippen LogP contribution in [0, 0.1) is 11.3 Å². The zero-order valence-corrected chi connectivity index (χ0v) is 10.0. The molecule has 0 spiro atoms. The van der Waals surface area contributed by atoms with Gasteiger partial charge in [-0.05, 0) is 24.9 Å². The van der Waals surface area contributed by atoms with Crippen molar-refractivity contribution in [3.8, 4) is 6.07 Å². The Bertz CT molecular complexity index is 372. The smallest absolute Gasteiger partial charge is 0.156 e. The number of hydrogen-bond acceptors (Lipinski definition) is 3. The molecule has 0 bridgehead atoms. The van der Waals surface area contributed by atoms with Crippen LogP contribution in [0.5, 0.6) is 0 Å². The Labute approximate surface area is 103 Å². The lowest BCUT2D eigenvalue weighted by Crippen LogP contribution is -2.42. The molecule has 0 saturated carbocycles. The number of aryl methyl sites for hydroxylation is 1. The molecule has 1 aliphatic rings. The first-order chi connectivity index (χ1) is 8.38. The maximum absolute atomic E-state index is 8.81. The zero-order chi connectivity index (χ0) is 11.9. The molecular weight excluding hydrogens is 212 g/mol. The van der Waals surface area contributed by atoms with Crippen LogP contribution in [0.2, 0.25) is 0 Å². The first-order valence-corrected chi connectivity index (χ1v) is 6.16. The van der Waals surface area contributed by atoms with Crippen molar-refractivity contribution in [1.82, 2.24) is 4.90 Å². The van der Waals surface area contributed by atoms with Gasteiger partial charge < -0.3 is 4.74 Å². The summed E-state index contributed by atoms with van der Waals surface area (Å²) in [6, 6.07) is 12.7. The van der Waals surface area contributed by atoms with E-state index in [1.54, 1.807) is 0 Å². The van der Waals surface area contributed by atoms with Crippen molar-refractivity contribution in [3.63, 3.8) is 0 Å². The highest BCUT2D eigenvalue weighted by Crippen LogP contribution is 2.07. The van der Waals surface area contributed by atoms with E-state index in [-0.39, 0.29) is 6.10 Å². The number of hydrogen-bond donors (Lipinski definition) is 0. The van der Waals surface area contributed by atoms with Gasteiger partial charge in [0, 0.05) is 13.1 Å². The topological polar surface area (TPSA) is 36.3 Å². The van der Waals surface area contributed by atoms with Gasteiger partial charge in [0.15, 0.2) is 6.10 Å². The van der Waals surface area contributed by atoms with E-state index in [4.69, 9.17) is 10.00 Å². The molecule has 1 atom stereocenters. The van der Waals surface area contributed by atoms with Crippen LogP contribution >= 0.6 is 0 Å². The normalized spacial score (nSPS) is 21.0. The van der Waals surface area contributed by atoms with E-state index in [0.717, 1.165) is 32.5 Å². The van der Waals surface area contributed by atoms with Crippen LogP contribution in [0.4, 0.5) is 0 Å². The number of nitriles is 1. The van der Waals surface area contributed by atoms with Crippen molar-refractivity contribution in [2.75, 3.05) is 26.2 Å². The molecule has 2 rings (SSSR count). The molecular formula is C14H18N2O. The average Bonchev–Trinajstić information content (AvgIpc) is 2.40. The second-order valence-electron chi connectivity index (χ2n) is 4.38. The van der Waals surface area contributed by atoms with Crippen LogP contribution in [0.15, 0.2) is 30.3 Å². The molecule has 1 aromatic carbocycles. The minimum Gasteiger partial charge on any atom is -0.361 e. The standard InChI is InChI=1S/C14H18N2O/c15-11-14-12-16(9-10-17-14)8-4-7-13-5-2-1-3-6-13/h1-3,5-6,14H,4,7-10,12H2. The average molecular weight is 230 g/mol. The van der Waals surface area contributed by atoms with Gasteiger partial charge in [0.25, 0.3) is 0 Å². The zero-order valence-electron chi connectivity index (χ0n) is 10.0. The summed E-state index contributed by atoms with van der Waals surface area (Å²) in [6.07, 6.45) is 2.01. The van der Waals surface area contributed by atoms with E-state index < -0.39 is 0 Å². The van der Waals surface area contributed by atoms with Gasteiger partial charge in [-0.2, -0.15) is 5.26 Å². The van der Waals surface area contributed by atoms with Crippen LogP contribution in [0.3, 0.4) is 0 Å². The SMILES string of the molecule is N#CC1CN(CCCc2ccccc2)CCO1. The number of nitrogens with zero attached hydrogens (tertiary/aromatic N) is 2. The summed E-state index contributed by atoms with van der Waals surface area (Å²) < 4.78 is 5.32. The fourth-order valence-corrected chi connectivity index (χ4v) is 2.14. The Morgan fingerprint density at radius 3 is 2.94 bits per heavy atom. The molecule has 1 aromatic rings. The molecule has 0 N–H and O–H groups in total. The Balaban J connectivity index is 1.70. The Morgan fingerprint density at radius 1 is 1.35 bits per heavy atom. The van der Waals surface area contributed by atoms with Crippen LogP contribution in [0.25, 0.3) is 0 Å². The predicted octanol–water partition coefficient (Wildman–Crippen LogP) is 1.84. The number of ether oxygens (including phenoxy) is 1. The third-order valence-electron chi connectivity index (χ3n) is 3.08. The van der Waals surface area contributed by atoms with Gasteiger partial charge in [0.05, 0.1) is 12.7 Å².